The van der Waals surface area contributed by atoms with Gasteiger partial charge in [-0.3, -0.25) is 4.79 Å². The molecule has 0 heterocycles. The van der Waals surface area contributed by atoms with Gasteiger partial charge in [-0.1, -0.05) is 25.7 Å². The van der Waals surface area contributed by atoms with Crippen LogP contribution in [0.25, 0.3) is 0 Å². The van der Waals surface area contributed by atoms with Crippen molar-refractivity contribution in [1.29, 1.82) is 0 Å². The maximum absolute atomic E-state index is 10.7. The topological polar surface area (TPSA) is 89.6 Å². The maximum atomic E-state index is 10.7. The molecule has 0 aliphatic rings. The van der Waals surface area contributed by atoms with Crippen molar-refractivity contribution in [3.05, 3.63) is 29.8 Å². The normalized spacial score (nSPS) is 10.3. The van der Waals surface area contributed by atoms with Gasteiger partial charge in [0.1, 0.15) is 5.75 Å². The van der Waals surface area contributed by atoms with E-state index in [1.54, 1.807) is 12.1 Å². The van der Waals surface area contributed by atoms with Gasteiger partial charge in [-0.15, -0.1) is 0 Å². The van der Waals surface area contributed by atoms with E-state index in [0.29, 0.717) is 18.8 Å². The van der Waals surface area contributed by atoms with Crippen LogP contribution < -0.4 is 10.5 Å². The fraction of sp³-hybridized carbons (Fsp3) is 0.500. The van der Waals surface area contributed by atoms with E-state index in [9.17, 15) is 9.59 Å². The van der Waals surface area contributed by atoms with Crippen LogP contribution in [0.2, 0.25) is 0 Å². The van der Waals surface area contributed by atoms with Crippen molar-refractivity contribution in [1.82, 2.24) is 0 Å². The summed E-state index contributed by atoms with van der Waals surface area (Å²) in [6.07, 6.45) is 6.69. The third-order valence-corrected chi connectivity index (χ3v) is 3.19. The number of ether oxygens (including phenoxy) is 1. The van der Waals surface area contributed by atoms with E-state index in [2.05, 4.69) is 0 Å². The summed E-state index contributed by atoms with van der Waals surface area (Å²) in [6, 6.07) is 6.42. The van der Waals surface area contributed by atoms with Gasteiger partial charge in [0.25, 0.3) is 0 Å². The summed E-state index contributed by atoms with van der Waals surface area (Å²) >= 11 is 0. The number of carbonyl (C=O) groups excluding carboxylic acids is 1. The average Bonchev–Trinajstić information content (AvgIpc) is 2.45. The molecule has 116 valence electrons. The van der Waals surface area contributed by atoms with Crippen molar-refractivity contribution >= 4 is 11.9 Å². The Kier molecular flexibility index (Phi) is 7.94. The molecule has 1 aromatic carbocycles. The zero-order valence-corrected chi connectivity index (χ0v) is 12.2. The highest BCUT2D eigenvalue weighted by molar-refractivity contribution is 5.87. The van der Waals surface area contributed by atoms with Crippen molar-refractivity contribution in [2.24, 2.45) is 5.73 Å². The van der Waals surface area contributed by atoms with Gasteiger partial charge in [-0.2, -0.15) is 0 Å². The average molecular weight is 293 g/mol. The fourth-order valence-electron chi connectivity index (χ4n) is 1.99. The minimum Gasteiger partial charge on any atom is -0.494 e. The molecule has 0 aliphatic heterocycles. The molecule has 1 amide bonds. The number of amides is 1. The molecule has 0 unspecified atom stereocenters. The van der Waals surface area contributed by atoms with Crippen molar-refractivity contribution in [3.63, 3.8) is 0 Å². The number of carboxylic acids is 1. The highest BCUT2D eigenvalue weighted by atomic mass is 16.5. The predicted molar refractivity (Wildman–Crippen MR) is 80.4 cm³/mol. The molecular formula is C16H23NO4. The minimum absolute atomic E-state index is 0.225. The Morgan fingerprint density at radius 3 is 2.10 bits per heavy atom. The summed E-state index contributed by atoms with van der Waals surface area (Å²) < 4.78 is 5.55. The second-order valence-electron chi connectivity index (χ2n) is 5.02. The fourth-order valence-corrected chi connectivity index (χ4v) is 1.99. The molecule has 1 aromatic rings. The lowest BCUT2D eigenvalue weighted by molar-refractivity contribution is -0.118. The Morgan fingerprint density at radius 2 is 1.52 bits per heavy atom. The molecule has 0 saturated carbocycles. The summed E-state index contributed by atoms with van der Waals surface area (Å²) in [6.45, 7) is 0.633. The number of benzene rings is 1. The first-order valence-electron chi connectivity index (χ1n) is 7.34. The van der Waals surface area contributed by atoms with E-state index in [1.807, 2.05) is 0 Å². The van der Waals surface area contributed by atoms with Crippen LogP contribution >= 0.6 is 0 Å². The second-order valence-corrected chi connectivity index (χ2v) is 5.02. The lowest BCUT2D eigenvalue weighted by Gasteiger charge is -2.06. The van der Waals surface area contributed by atoms with Crippen LogP contribution in [-0.2, 0) is 4.79 Å². The number of rotatable bonds is 11. The van der Waals surface area contributed by atoms with Gasteiger partial charge in [0.05, 0.1) is 12.2 Å². The van der Waals surface area contributed by atoms with Gasteiger partial charge in [-0.25, -0.2) is 4.79 Å². The molecule has 3 N–H and O–H groups in total. The number of primary amides is 1. The molecule has 0 aliphatic carbocycles. The van der Waals surface area contributed by atoms with E-state index in [0.717, 1.165) is 38.5 Å². The molecule has 0 fully saturated rings. The van der Waals surface area contributed by atoms with Gasteiger partial charge in [0, 0.05) is 6.42 Å². The molecule has 0 atom stereocenters. The number of hydrogen-bond acceptors (Lipinski definition) is 3. The maximum Gasteiger partial charge on any atom is 0.335 e. The number of carbonyl (C=O) groups is 2. The molecule has 0 spiro atoms. The van der Waals surface area contributed by atoms with E-state index in [1.165, 1.54) is 12.1 Å². The zero-order valence-electron chi connectivity index (χ0n) is 12.2. The monoisotopic (exact) mass is 293 g/mol. The summed E-state index contributed by atoms with van der Waals surface area (Å²) in [5.74, 6) is -0.461. The third kappa shape index (κ3) is 7.97. The highest BCUT2D eigenvalue weighted by Gasteiger charge is 2.02. The highest BCUT2D eigenvalue weighted by Crippen LogP contribution is 2.13. The number of nitrogens with two attached hydrogens (primary N) is 1. The largest absolute Gasteiger partial charge is 0.494 e. The van der Waals surface area contributed by atoms with Crippen LogP contribution in [0.1, 0.15) is 55.3 Å². The second kappa shape index (κ2) is 9.80. The minimum atomic E-state index is -0.933. The lowest BCUT2D eigenvalue weighted by atomic mass is 10.1. The van der Waals surface area contributed by atoms with E-state index < -0.39 is 5.97 Å². The van der Waals surface area contributed by atoms with Gasteiger partial charge >= 0.3 is 5.97 Å². The van der Waals surface area contributed by atoms with Crippen LogP contribution in [0.5, 0.6) is 5.75 Å². The summed E-state index contributed by atoms with van der Waals surface area (Å²) in [4.78, 5) is 21.2. The van der Waals surface area contributed by atoms with Crippen LogP contribution in [0, 0.1) is 0 Å². The first-order valence-corrected chi connectivity index (χ1v) is 7.34. The Balaban J connectivity index is 2.01. The smallest absolute Gasteiger partial charge is 0.335 e. The van der Waals surface area contributed by atoms with Gasteiger partial charge < -0.3 is 15.6 Å². The molecule has 0 radical (unpaired) electrons. The van der Waals surface area contributed by atoms with E-state index >= 15 is 0 Å². The molecule has 5 heteroatoms. The lowest BCUT2D eigenvalue weighted by Crippen LogP contribution is -2.09. The number of hydrogen-bond donors (Lipinski definition) is 2. The van der Waals surface area contributed by atoms with Gasteiger partial charge in [0.15, 0.2) is 0 Å². The first-order chi connectivity index (χ1) is 10.1. The standard InChI is InChI=1S/C16H23NO4/c17-15(18)7-5-3-1-2-4-6-12-21-14-10-8-13(9-11-14)16(19)20/h8-11H,1-7,12H2,(H2,17,18)(H,19,20). The summed E-state index contributed by atoms with van der Waals surface area (Å²) in [5.41, 5.74) is 5.33. The van der Waals surface area contributed by atoms with Crippen LogP contribution in [-0.4, -0.2) is 23.6 Å². The van der Waals surface area contributed by atoms with E-state index in [-0.39, 0.29) is 11.5 Å². The van der Waals surface area contributed by atoms with Crippen molar-refractivity contribution < 1.29 is 19.4 Å². The van der Waals surface area contributed by atoms with Gasteiger partial charge in [0.2, 0.25) is 5.91 Å². The van der Waals surface area contributed by atoms with Crippen molar-refractivity contribution in [2.75, 3.05) is 6.61 Å². The first kappa shape index (κ1) is 17.0. The van der Waals surface area contributed by atoms with Crippen LogP contribution in [0.15, 0.2) is 24.3 Å². The van der Waals surface area contributed by atoms with E-state index in [4.69, 9.17) is 15.6 Å². The molecule has 21 heavy (non-hydrogen) atoms. The molecule has 0 aromatic heterocycles. The predicted octanol–water partition coefficient (Wildman–Crippen LogP) is 2.98. The summed E-state index contributed by atoms with van der Waals surface area (Å²) in [5, 5.41) is 8.77. The molecule has 0 bridgehead atoms. The number of carboxylic acid groups (broad SMARTS) is 1. The quantitative estimate of drug-likeness (QED) is 0.614. The number of aromatic carboxylic acids is 1. The van der Waals surface area contributed by atoms with Crippen LogP contribution in [0.3, 0.4) is 0 Å². The van der Waals surface area contributed by atoms with Crippen molar-refractivity contribution in [2.45, 2.75) is 44.9 Å². The molecule has 0 saturated heterocycles. The molecule has 1 rings (SSSR count). The zero-order chi connectivity index (χ0) is 15.5. The number of unbranched alkanes of at least 4 members (excludes halogenated alkanes) is 5. The Bertz CT molecular complexity index is 442. The molecule has 5 nitrogen and oxygen atoms in total. The SMILES string of the molecule is NC(=O)CCCCCCCCOc1ccc(C(=O)O)cc1. The van der Waals surface area contributed by atoms with Crippen LogP contribution in [0.4, 0.5) is 0 Å². The van der Waals surface area contributed by atoms with Gasteiger partial charge in [-0.05, 0) is 37.1 Å². The molecular weight excluding hydrogens is 270 g/mol. The van der Waals surface area contributed by atoms with Crippen molar-refractivity contribution in [3.8, 4) is 5.75 Å². The Morgan fingerprint density at radius 1 is 0.952 bits per heavy atom. The summed E-state index contributed by atoms with van der Waals surface area (Å²) in [7, 11) is 0. The third-order valence-electron chi connectivity index (χ3n) is 3.19. The Hall–Kier alpha value is -2.04. The Labute approximate surface area is 125 Å².